The van der Waals surface area contributed by atoms with E-state index in [0.717, 1.165) is 23.2 Å². The lowest BCUT2D eigenvalue weighted by atomic mass is 9.57. The normalized spacial score (nSPS) is 24.2. The summed E-state index contributed by atoms with van der Waals surface area (Å²) >= 11 is 0. The summed E-state index contributed by atoms with van der Waals surface area (Å²) in [5, 5.41) is 12.6. The van der Waals surface area contributed by atoms with Crippen molar-refractivity contribution in [2.75, 3.05) is 0 Å². The Bertz CT molecular complexity index is 1220. The molecule has 236 valence electrons. The highest BCUT2D eigenvalue weighted by Crippen LogP contribution is 2.54. The zero-order valence-corrected chi connectivity index (χ0v) is 30.5. The molecule has 0 amide bonds. The summed E-state index contributed by atoms with van der Waals surface area (Å²) in [5.74, 6) is -0.0920. The Hall–Kier alpha value is -2.25. The number of hydrogen-bond donors (Lipinski definition) is 0. The number of benzene rings is 2. The molecule has 0 saturated heterocycles. The van der Waals surface area contributed by atoms with Crippen LogP contribution in [0.15, 0.2) is 60.7 Å². The van der Waals surface area contributed by atoms with Crippen molar-refractivity contribution in [3.63, 3.8) is 0 Å². The molecule has 0 aliphatic heterocycles. The number of nitriles is 1. The van der Waals surface area contributed by atoms with Gasteiger partial charge in [0.05, 0.1) is 6.07 Å². The van der Waals surface area contributed by atoms with Crippen LogP contribution in [-0.4, -0.2) is 39.9 Å². The third-order valence-electron chi connectivity index (χ3n) is 9.17. The molecular weight excluding hydrogens is 567 g/mol. The van der Waals surface area contributed by atoms with Crippen LogP contribution in [0.4, 0.5) is 0 Å². The summed E-state index contributed by atoms with van der Waals surface area (Å²) in [6.07, 6.45) is 2.96. The second kappa shape index (κ2) is 13.0. The summed E-state index contributed by atoms with van der Waals surface area (Å²) in [7, 11) is -5.11. The molecule has 1 unspecified atom stereocenters. The number of nitrogens with zero attached hydrogens (tertiary/aromatic N) is 1. The molecule has 0 aromatic heterocycles. The molecule has 4 atom stereocenters. The number of esters is 1. The fourth-order valence-corrected chi connectivity index (χ4v) is 13.0. The van der Waals surface area contributed by atoms with Crippen LogP contribution in [0, 0.1) is 22.7 Å². The van der Waals surface area contributed by atoms with Crippen LogP contribution >= 0.6 is 0 Å². The van der Waals surface area contributed by atoms with Gasteiger partial charge in [0.15, 0.2) is 8.32 Å². The SMILES string of the molecule is C[C@H]1CCCC(C#N)(O[Si](C)(C)C)[C@]1(C)CC[C@H](O[Si](c1ccccc1)(c1ccccc1)C(C)(C)C)C(=O)OC(C)(C)C. The summed E-state index contributed by atoms with van der Waals surface area (Å²) in [4.78, 5) is 14.1. The van der Waals surface area contributed by atoms with E-state index in [1.807, 2.05) is 32.9 Å². The van der Waals surface area contributed by atoms with E-state index in [-0.39, 0.29) is 16.9 Å². The van der Waals surface area contributed by atoms with Gasteiger partial charge in [0.25, 0.3) is 8.32 Å². The van der Waals surface area contributed by atoms with Crippen LogP contribution in [0.25, 0.3) is 0 Å². The first-order chi connectivity index (χ1) is 19.8. The monoisotopic (exact) mass is 621 g/mol. The summed E-state index contributed by atoms with van der Waals surface area (Å²) < 4.78 is 20.3. The average Bonchev–Trinajstić information content (AvgIpc) is 2.90. The molecule has 2 aromatic carbocycles. The van der Waals surface area contributed by atoms with Gasteiger partial charge in [0, 0.05) is 5.41 Å². The van der Waals surface area contributed by atoms with Crippen LogP contribution in [0.1, 0.15) is 87.5 Å². The minimum atomic E-state index is -3.05. The highest BCUT2D eigenvalue weighted by Gasteiger charge is 2.57. The number of carbonyl (C=O) groups is 1. The van der Waals surface area contributed by atoms with Crippen molar-refractivity contribution in [3.8, 4) is 6.07 Å². The molecule has 1 fully saturated rings. The van der Waals surface area contributed by atoms with Gasteiger partial charge >= 0.3 is 5.97 Å². The maximum absolute atomic E-state index is 14.1. The van der Waals surface area contributed by atoms with Gasteiger partial charge in [-0.15, -0.1) is 0 Å². The lowest BCUT2D eigenvalue weighted by Gasteiger charge is -2.54. The Labute approximate surface area is 263 Å². The molecular formula is C36H55NO4Si2. The van der Waals surface area contributed by atoms with Crippen LogP contribution in [0.5, 0.6) is 0 Å². The van der Waals surface area contributed by atoms with E-state index in [4.69, 9.17) is 13.6 Å². The number of ether oxygens (including phenoxy) is 1. The Morgan fingerprint density at radius 2 is 1.49 bits per heavy atom. The molecule has 0 spiro atoms. The molecule has 7 heteroatoms. The minimum absolute atomic E-state index is 0.254. The molecule has 5 nitrogen and oxygen atoms in total. The lowest BCUT2D eigenvalue weighted by Crippen LogP contribution is -2.68. The summed E-state index contributed by atoms with van der Waals surface area (Å²) in [6.45, 7) is 23.3. The van der Waals surface area contributed by atoms with Gasteiger partial charge in [0.2, 0.25) is 0 Å². The largest absolute Gasteiger partial charge is 0.458 e. The Morgan fingerprint density at radius 3 is 1.91 bits per heavy atom. The number of carbonyl (C=O) groups excluding carboxylic acids is 1. The van der Waals surface area contributed by atoms with Gasteiger partial charge in [0.1, 0.15) is 17.3 Å². The predicted octanol–water partition coefficient (Wildman–Crippen LogP) is 7.99. The van der Waals surface area contributed by atoms with Gasteiger partial charge in [-0.2, -0.15) is 5.26 Å². The molecule has 43 heavy (non-hydrogen) atoms. The molecule has 1 saturated carbocycles. The fourth-order valence-electron chi connectivity index (χ4n) is 6.93. The van der Waals surface area contributed by atoms with E-state index >= 15 is 0 Å². The fraction of sp³-hybridized carbons (Fsp3) is 0.611. The van der Waals surface area contributed by atoms with Crippen molar-refractivity contribution in [3.05, 3.63) is 60.7 Å². The van der Waals surface area contributed by atoms with Gasteiger partial charge in [-0.3, -0.25) is 0 Å². The molecule has 2 aromatic rings. The second-order valence-electron chi connectivity index (χ2n) is 15.7. The molecule has 0 heterocycles. The molecule has 3 rings (SSSR count). The first kappa shape index (κ1) is 35.2. The average molecular weight is 622 g/mol. The molecule has 0 N–H and O–H groups in total. The third-order valence-corrected chi connectivity index (χ3v) is 15.2. The zero-order chi connectivity index (χ0) is 32.3. The second-order valence-corrected chi connectivity index (χ2v) is 24.4. The maximum Gasteiger partial charge on any atom is 0.334 e. The molecule has 1 aliphatic rings. The predicted molar refractivity (Wildman–Crippen MR) is 181 cm³/mol. The Morgan fingerprint density at radius 1 is 0.977 bits per heavy atom. The minimum Gasteiger partial charge on any atom is -0.458 e. The first-order valence-corrected chi connectivity index (χ1v) is 21.3. The highest BCUT2D eigenvalue weighted by atomic mass is 28.4. The van der Waals surface area contributed by atoms with Crippen molar-refractivity contribution in [2.45, 2.75) is 129 Å². The van der Waals surface area contributed by atoms with E-state index in [0.29, 0.717) is 19.3 Å². The van der Waals surface area contributed by atoms with Crippen molar-refractivity contribution in [1.29, 1.82) is 5.26 Å². The quantitative estimate of drug-likeness (QED) is 0.199. The maximum atomic E-state index is 14.1. The van der Waals surface area contributed by atoms with Crippen LogP contribution < -0.4 is 10.4 Å². The first-order valence-electron chi connectivity index (χ1n) is 15.9. The van der Waals surface area contributed by atoms with Gasteiger partial charge in [-0.25, -0.2) is 4.79 Å². The topological polar surface area (TPSA) is 68.5 Å². The highest BCUT2D eigenvalue weighted by molar-refractivity contribution is 6.99. The number of hydrogen-bond acceptors (Lipinski definition) is 5. The number of rotatable bonds is 10. The van der Waals surface area contributed by atoms with Gasteiger partial charge in [-0.1, -0.05) is 95.3 Å². The van der Waals surface area contributed by atoms with Crippen molar-refractivity contribution >= 4 is 33.0 Å². The standard InChI is InChI=1S/C36H55NO4Si2/c1-28-19-18-25-36(27-37,41-42(9,10)11)35(28,8)26-24-31(32(38)39-33(2,3)4)40-43(34(5,6)7,29-20-14-12-15-21-29)30-22-16-13-17-23-30/h12-17,20-23,28,31H,18-19,24-26H2,1-11H3/t28-,31-,35+,36?/m0/s1. The van der Waals surface area contributed by atoms with E-state index in [9.17, 15) is 10.1 Å². The summed E-state index contributed by atoms with van der Waals surface area (Å²) in [5.41, 5.74) is -2.01. The van der Waals surface area contributed by atoms with Crippen molar-refractivity contribution in [1.82, 2.24) is 0 Å². The van der Waals surface area contributed by atoms with Crippen LogP contribution in [-0.2, 0) is 18.4 Å². The van der Waals surface area contributed by atoms with E-state index < -0.39 is 39.4 Å². The Balaban J connectivity index is 2.16. The van der Waals surface area contributed by atoms with Crippen LogP contribution in [0.2, 0.25) is 24.7 Å². The van der Waals surface area contributed by atoms with E-state index in [1.54, 1.807) is 0 Å². The van der Waals surface area contributed by atoms with Crippen molar-refractivity contribution < 1.29 is 18.4 Å². The van der Waals surface area contributed by atoms with E-state index in [1.165, 1.54) is 0 Å². The van der Waals surface area contributed by atoms with Crippen molar-refractivity contribution in [2.24, 2.45) is 11.3 Å². The smallest absolute Gasteiger partial charge is 0.334 e. The molecule has 0 radical (unpaired) electrons. The Kier molecular flexibility index (Phi) is 10.7. The van der Waals surface area contributed by atoms with Gasteiger partial charge < -0.3 is 13.6 Å². The van der Waals surface area contributed by atoms with Gasteiger partial charge in [-0.05, 0) is 93.8 Å². The van der Waals surface area contributed by atoms with E-state index in [2.05, 4.69) is 109 Å². The van der Waals surface area contributed by atoms with Crippen LogP contribution in [0.3, 0.4) is 0 Å². The summed E-state index contributed by atoms with van der Waals surface area (Å²) in [6, 6.07) is 23.5. The molecule has 1 aliphatic carbocycles. The zero-order valence-electron chi connectivity index (χ0n) is 28.5. The molecule has 0 bridgehead atoms. The lowest BCUT2D eigenvalue weighted by molar-refractivity contribution is -0.165. The third kappa shape index (κ3) is 7.71.